The lowest BCUT2D eigenvalue weighted by Crippen LogP contribution is -1.85. The van der Waals surface area contributed by atoms with E-state index in [9.17, 15) is 4.39 Å². The van der Waals surface area contributed by atoms with Crippen molar-refractivity contribution in [3.8, 4) is 17.9 Å². The van der Waals surface area contributed by atoms with Gasteiger partial charge in [-0.3, -0.25) is 0 Å². The van der Waals surface area contributed by atoms with Gasteiger partial charge in [0.1, 0.15) is 5.82 Å². The van der Waals surface area contributed by atoms with Crippen LogP contribution >= 0.6 is 0 Å². The highest BCUT2D eigenvalue weighted by Crippen LogP contribution is 2.08. The van der Waals surface area contributed by atoms with Crippen LogP contribution in [0.1, 0.15) is 11.1 Å². The lowest BCUT2D eigenvalue weighted by molar-refractivity contribution is 0.624. The van der Waals surface area contributed by atoms with Gasteiger partial charge in [-0.1, -0.05) is 17.0 Å². The number of halogens is 1. The molecule has 0 aliphatic rings. The van der Waals surface area contributed by atoms with Crippen LogP contribution in [0, 0.1) is 29.0 Å². The van der Waals surface area contributed by atoms with Crippen molar-refractivity contribution >= 4 is 0 Å². The van der Waals surface area contributed by atoms with Crippen LogP contribution in [0.5, 0.6) is 0 Å². The van der Waals surface area contributed by atoms with Gasteiger partial charge in [-0.25, -0.2) is 4.39 Å². The molecule has 0 fully saturated rings. The Bertz CT molecular complexity index is 512. The Morgan fingerprint density at radius 3 is 3.00 bits per heavy atom. The third kappa shape index (κ3) is 3.04. The molecule has 0 saturated carbocycles. The van der Waals surface area contributed by atoms with Gasteiger partial charge >= 0.3 is 0 Å². The average Bonchev–Trinajstić information content (AvgIpc) is 2.26. The highest BCUT2D eigenvalue weighted by Gasteiger charge is 1.99. The Labute approximate surface area is 85.6 Å². The average molecular weight is 200 g/mol. The SMILES string of the molecule is N#Cc1ccc(F)c(C#CCN=[N+]=[N-])c1. The third-order valence-corrected chi connectivity index (χ3v) is 1.53. The first-order valence-electron chi connectivity index (χ1n) is 3.97. The van der Waals surface area contributed by atoms with Gasteiger partial charge < -0.3 is 0 Å². The van der Waals surface area contributed by atoms with E-state index < -0.39 is 5.82 Å². The number of rotatable bonds is 1. The first-order valence-corrected chi connectivity index (χ1v) is 3.97. The van der Waals surface area contributed by atoms with Gasteiger partial charge in [0.25, 0.3) is 0 Å². The molecule has 0 amide bonds. The Hall–Kier alpha value is -2.49. The number of benzene rings is 1. The zero-order valence-electron chi connectivity index (χ0n) is 7.61. The first kappa shape index (κ1) is 10.6. The topological polar surface area (TPSA) is 72.5 Å². The predicted molar refractivity (Wildman–Crippen MR) is 52.0 cm³/mol. The van der Waals surface area contributed by atoms with Crippen molar-refractivity contribution in [2.45, 2.75) is 0 Å². The minimum absolute atomic E-state index is 0.0211. The maximum Gasteiger partial charge on any atom is 0.138 e. The second-order valence-electron chi connectivity index (χ2n) is 2.50. The zero-order valence-corrected chi connectivity index (χ0v) is 7.61. The summed E-state index contributed by atoms with van der Waals surface area (Å²) in [6, 6.07) is 5.77. The van der Waals surface area contributed by atoms with Gasteiger partial charge in [0, 0.05) is 4.91 Å². The molecule has 0 unspecified atom stereocenters. The first-order chi connectivity index (χ1) is 7.27. The summed E-state index contributed by atoms with van der Waals surface area (Å²) in [5, 5.41) is 11.8. The van der Waals surface area contributed by atoms with Crippen LogP contribution in [0.2, 0.25) is 0 Å². The van der Waals surface area contributed by atoms with Crippen LogP contribution in [0.4, 0.5) is 4.39 Å². The second-order valence-corrected chi connectivity index (χ2v) is 2.50. The Morgan fingerprint density at radius 1 is 1.53 bits per heavy atom. The van der Waals surface area contributed by atoms with Crippen molar-refractivity contribution in [2.75, 3.05) is 6.54 Å². The second kappa shape index (κ2) is 5.29. The van der Waals surface area contributed by atoms with E-state index in [2.05, 4.69) is 21.9 Å². The fourth-order valence-electron chi connectivity index (χ4n) is 0.892. The summed E-state index contributed by atoms with van der Waals surface area (Å²) < 4.78 is 13.1. The van der Waals surface area contributed by atoms with E-state index in [4.69, 9.17) is 10.8 Å². The molecule has 0 saturated heterocycles. The van der Waals surface area contributed by atoms with Crippen molar-refractivity contribution < 1.29 is 4.39 Å². The van der Waals surface area contributed by atoms with Crippen molar-refractivity contribution in [3.63, 3.8) is 0 Å². The summed E-state index contributed by atoms with van der Waals surface area (Å²) in [6.45, 7) is -0.0211. The summed E-state index contributed by atoms with van der Waals surface area (Å²) in [5.74, 6) is 4.46. The molecule has 0 spiro atoms. The van der Waals surface area contributed by atoms with Crippen LogP contribution in [0.3, 0.4) is 0 Å². The zero-order chi connectivity index (χ0) is 11.1. The van der Waals surface area contributed by atoms with Gasteiger partial charge in [0.15, 0.2) is 0 Å². The lowest BCUT2D eigenvalue weighted by atomic mass is 10.1. The maximum atomic E-state index is 13.1. The van der Waals surface area contributed by atoms with Crippen LogP contribution in [-0.4, -0.2) is 6.54 Å². The molecular weight excluding hydrogens is 195 g/mol. The Morgan fingerprint density at radius 2 is 2.33 bits per heavy atom. The van der Waals surface area contributed by atoms with Crippen LogP contribution in [0.25, 0.3) is 10.4 Å². The van der Waals surface area contributed by atoms with Crippen molar-refractivity contribution in [1.29, 1.82) is 5.26 Å². The molecule has 0 radical (unpaired) electrons. The summed E-state index contributed by atoms with van der Waals surface area (Å²) in [4.78, 5) is 2.50. The van der Waals surface area contributed by atoms with Crippen LogP contribution in [-0.2, 0) is 0 Å². The van der Waals surface area contributed by atoms with Crippen molar-refractivity contribution in [3.05, 3.63) is 45.6 Å². The third-order valence-electron chi connectivity index (χ3n) is 1.53. The number of azide groups is 1. The fourth-order valence-corrected chi connectivity index (χ4v) is 0.892. The van der Waals surface area contributed by atoms with E-state index in [1.54, 1.807) is 0 Å². The minimum Gasteiger partial charge on any atom is -0.206 e. The van der Waals surface area contributed by atoms with Gasteiger partial charge in [0.2, 0.25) is 0 Å². The molecule has 5 heteroatoms. The van der Waals surface area contributed by atoms with E-state index in [1.807, 2.05) is 6.07 Å². The van der Waals surface area contributed by atoms with Gasteiger partial charge in [0.05, 0.1) is 23.7 Å². The molecular formula is C10H5FN4. The van der Waals surface area contributed by atoms with Crippen molar-refractivity contribution in [2.24, 2.45) is 5.11 Å². The number of nitrogens with zero attached hydrogens (tertiary/aromatic N) is 4. The minimum atomic E-state index is -0.498. The maximum absolute atomic E-state index is 13.1. The van der Waals surface area contributed by atoms with E-state index in [0.717, 1.165) is 0 Å². The lowest BCUT2D eigenvalue weighted by Gasteiger charge is -1.93. The molecule has 0 atom stereocenters. The number of nitriles is 1. The predicted octanol–water partition coefficient (Wildman–Crippen LogP) is 2.36. The number of hydrogen-bond acceptors (Lipinski definition) is 2. The monoisotopic (exact) mass is 200 g/mol. The Kier molecular flexibility index (Phi) is 3.73. The van der Waals surface area contributed by atoms with Gasteiger partial charge in [-0.05, 0) is 23.7 Å². The molecule has 15 heavy (non-hydrogen) atoms. The quantitative estimate of drug-likeness (QED) is 0.297. The standard InChI is InChI=1S/C10H5FN4/c11-10-4-3-8(7-12)6-9(10)2-1-5-14-15-13/h3-4,6H,5H2. The van der Waals surface area contributed by atoms with E-state index >= 15 is 0 Å². The molecule has 0 aliphatic heterocycles. The van der Waals surface area contributed by atoms with Gasteiger partial charge in [-0.15, -0.1) is 0 Å². The molecule has 0 N–H and O–H groups in total. The number of hydrogen-bond donors (Lipinski definition) is 0. The largest absolute Gasteiger partial charge is 0.206 e. The van der Waals surface area contributed by atoms with E-state index in [-0.39, 0.29) is 12.1 Å². The molecule has 0 heterocycles. The summed E-state index contributed by atoms with van der Waals surface area (Å²) in [6.07, 6.45) is 0. The molecule has 0 aromatic heterocycles. The Balaban J connectivity index is 2.97. The fraction of sp³-hybridized carbons (Fsp3) is 0.100. The van der Waals surface area contributed by atoms with Crippen LogP contribution in [0.15, 0.2) is 23.3 Å². The molecule has 72 valence electrons. The summed E-state index contributed by atoms with van der Waals surface area (Å²) in [7, 11) is 0. The molecule has 1 aromatic carbocycles. The molecule has 1 rings (SSSR count). The molecule has 1 aromatic rings. The molecule has 4 nitrogen and oxygen atoms in total. The summed E-state index contributed by atoms with van der Waals surface area (Å²) >= 11 is 0. The smallest absolute Gasteiger partial charge is 0.138 e. The highest BCUT2D eigenvalue weighted by molar-refractivity contribution is 5.42. The van der Waals surface area contributed by atoms with E-state index in [1.165, 1.54) is 18.2 Å². The van der Waals surface area contributed by atoms with Crippen LogP contribution < -0.4 is 0 Å². The van der Waals surface area contributed by atoms with Crippen molar-refractivity contribution in [1.82, 2.24) is 0 Å². The molecule has 0 bridgehead atoms. The summed E-state index contributed by atoms with van der Waals surface area (Å²) in [5.41, 5.74) is 8.44. The van der Waals surface area contributed by atoms with Gasteiger partial charge in [-0.2, -0.15) is 5.26 Å². The highest BCUT2D eigenvalue weighted by atomic mass is 19.1. The normalized spacial score (nSPS) is 8.00. The van der Waals surface area contributed by atoms with E-state index in [0.29, 0.717) is 5.56 Å². The molecule has 0 aliphatic carbocycles.